The van der Waals surface area contributed by atoms with Gasteiger partial charge in [-0.2, -0.15) is 0 Å². The largest absolute Gasteiger partial charge is 0.354 e. The van der Waals surface area contributed by atoms with Crippen molar-refractivity contribution in [2.45, 2.75) is 45.1 Å². The minimum atomic E-state index is 0.443. The summed E-state index contributed by atoms with van der Waals surface area (Å²) < 4.78 is 2.32. The number of aryl methyl sites for hydroxylation is 1. The van der Waals surface area contributed by atoms with Gasteiger partial charge in [0.2, 0.25) is 0 Å². The number of hydrogen-bond donors (Lipinski definition) is 1. The molecule has 0 amide bonds. The molecule has 24 heavy (non-hydrogen) atoms. The Morgan fingerprint density at radius 1 is 1.25 bits per heavy atom. The molecule has 0 aliphatic carbocycles. The van der Waals surface area contributed by atoms with Crippen molar-refractivity contribution in [1.29, 1.82) is 0 Å². The number of fused-ring (bicyclic) bond motifs is 1. The molecule has 0 radical (unpaired) electrons. The van der Waals surface area contributed by atoms with Crippen molar-refractivity contribution in [2.24, 2.45) is 0 Å². The number of aromatic nitrogens is 6. The van der Waals surface area contributed by atoms with Crippen LogP contribution >= 0.6 is 0 Å². The van der Waals surface area contributed by atoms with E-state index in [1.807, 2.05) is 6.20 Å². The number of unbranched alkanes of at least 4 members (excludes halogenated alkanes) is 1. The number of imidazole rings is 2. The highest BCUT2D eigenvalue weighted by Gasteiger charge is 2.26. The molecule has 7 nitrogen and oxygen atoms in total. The summed E-state index contributed by atoms with van der Waals surface area (Å²) >= 11 is 0. The molecular formula is C17H23N7. The first kappa shape index (κ1) is 15.1. The predicted molar refractivity (Wildman–Crippen MR) is 93.0 cm³/mol. The molecule has 3 aromatic rings. The molecule has 1 aliphatic heterocycles. The van der Waals surface area contributed by atoms with Gasteiger partial charge in [0.15, 0.2) is 11.5 Å². The molecule has 0 saturated carbocycles. The molecule has 0 bridgehead atoms. The van der Waals surface area contributed by atoms with Gasteiger partial charge in [-0.1, -0.05) is 13.3 Å². The number of anilines is 1. The molecule has 7 heteroatoms. The third-order valence-corrected chi connectivity index (χ3v) is 4.79. The van der Waals surface area contributed by atoms with E-state index in [1.165, 1.54) is 25.1 Å². The maximum Gasteiger partial charge on any atom is 0.182 e. The summed E-state index contributed by atoms with van der Waals surface area (Å²) in [5.41, 5.74) is 1.65. The Morgan fingerprint density at radius 2 is 2.21 bits per heavy atom. The molecule has 0 aromatic carbocycles. The quantitative estimate of drug-likeness (QED) is 0.780. The Hall–Kier alpha value is -2.44. The maximum absolute atomic E-state index is 4.66. The molecule has 4 heterocycles. The van der Waals surface area contributed by atoms with Gasteiger partial charge in [0.1, 0.15) is 17.7 Å². The fourth-order valence-electron chi connectivity index (χ4n) is 3.57. The monoisotopic (exact) mass is 325 g/mol. The van der Waals surface area contributed by atoms with Crippen LogP contribution in [0.1, 0.15) is 44.3 Å². The van der Waals surface area contributed by atoms with Crippen LogP contribution in [-0.4, -0.2) is 42.6 Å². The maximum atomic E-state index is 4.66. The second-order valence-corrected chi connectivity index (χ2v) is 6.42. The Balaban J connectivity index is 1.58. The molecule has 1 aliphatic rings. The van der Waals surface area contributed by atoms with E-state index in [4.69, 9.17) is 0 Å². The van der Waals surface area contributed by atoms with Crippen LogP contribution in [0.5, 0.6) is 0 Å². The van der Waals surface area contributed by atoms with Crippen LogP contribution in [0.3, 0.4) is 0 Å². The van der Waals surface area contributed by atoms with Crippen molar-refractivity contribution in [1.82, 2.24) is 29.5 Å². The molecule has 4 rings (SSSR count). The zero-order valence-electron chi connectivity index (χ0n) is 14.0. The van der Waals surface area contributed by atoms with E-state index in [1.54, 1.807) is 12.7 Å². The molecule has 1 atom stereocenters. The number of H-pyrrole nitrogens is 1. The van der Waals surface area contributed by atoms with E-state index >= 15 is 0 Å². The van der Waals surface area contributed by atoms with Gasteiger partial charge < -0.3 is 14.5 Å². The van der Waals surface area contributed by atoms with Gasteiger partial charge in [-0.15, -0.1) is 0 Å². The summed E-state index contributed by atoms with van der Waals surface area (Å²) in [4.78, 5) is 23.1. The average Bonchev–Trinajstić information content (AvgIpc) is 3.28. The standard InChI is InChI=1S/C17H23N7/c1-2-3-7-23-9-6-18-16(23)13-5-4-8-24(10-13)17-14-15(20-11-19-14)21-12-22-17/h6,9,11-13H,2-5,7-8,10H2,1H3,(H,19,20,21,22)/t13-/m1/s1. The van der Waals surface area contributed by atoms with E-state index in [2.05, 4.69) is 47.5 Å². The highest BCUT2D eigenvalue weighted by molar-refractivity contribution is 5.82. The van der Waals surface area contributed by atoms with Crippen LogP contribution in [-0.2, 0) is 6.54 Å². The predicted octanol–water partition coefficient (Wildman–Crippen LogP) is 2.73. The lowest BCUT2D eigenvalue weighted by atomic mass is 9.97. The molecule has 1 N–H and O–H groups in total. The first-order chi connectivity index (χ1) is 11.9. The highest BCUT2D eigenvalue weighted by Crippen LogP contribution is 2.30. The Kier molecular flexibility index (Phi) is 4.15. The minimum absolute atomic E-state index is 0.443. The number of aromatic amines is 1. The summed E-state index contributed by atoms with van der Waals surface area (Å²) in [6, 6.07) is 0. The normalized spacial score (nSPS) is 18.4. The molecule has 0 spiro atoms. The summed E-state index contributed by atoms with van der Waals surface area (Å²) in [6.45, 7) is 5.23. The Morgan fingerprint density at radius 3 is 3.12 bits per heavy atom. The SMILES string of the molecule is CCCCn1ccnc1[C@@H]1CCCN(c2ncnc3nc[nH]c23)C1. The number of nitrogens with one attached hydrogen (secondary N) is 1. The third kappa shape index (κ3) is 2.74. The Labute approximate surface area is 141 Å². The van der Waals surface area contributed by atoms with Crippen molar-refractivity contribution in [3.63, 3.8) is 0 Å². The van der Waals surface area contributed by atoms with Crippen LogP contribution in [0.2, 0.25) is 0 Å². The molecule has 126 valence electrons. The van der Waals surface area contributed by atoms with Crippen LogP contribution < -0.4 is 4.90 Å². The first-order valence-corrected chi connectivity index (χ1v) is 8.77. The van der Waals surface area contributed by atoms with Gasteiger partial charge in [-0.05, 0) is 19.3 Å². The van der Waals surface area contributed by atoms with Crippen molar-refractivity contribution in [3.8, 4) is 0 Å². The lowest BCUT2D eigenvalue weighted by Gasteiger charge is -2.33. The summed E-state index contributed by atoms with van der Waals surface area (Å²) in [7, 11) is 0. The van der Waals surface area contributed by atoms with Crippen molar-refractivity contribution >= 4 is 17.0 Å². The summed E-state index contributed by atoms with van der Waals surface area (Å²) in [6.07, 6.45) is 12.0. The van der Waals surface area contributed by atoms with Crippen molar-refractivity contribution in [3.05, 3.63) is 30.9 Å². The number of hydrogen-bond acceptors (Lipinski definition) is 5. The van der Waals surface area contributed by atoms with E-state index in [-0.39, 0.29) is 0 Å². The van der Waals surface area contributed by atoms with Gasteiger partial charge in [0.05, 0.1) is 6.33 Å². The van der Waals surface area contributed by atoms with Gasteiger partial charge in [0.25, 0.3) is 0 Å². The third-order valence-electron chi connectivity index (χ3n) is 4.79. The fraction of sp³-hybridized carbons (Fsp3) is 0.529. The topological polar surface area (TPSA) is 75.5 Å². The number of rotatable bonds is 5. The van der Waals surface area contributed by atoms with Crippen molar-refractivity contribution < 1.29 is 0 Å². The first-order valence-electron chi connectivity index (χ1n) is 8.77. The van der Waals surface area contributed by atoms with Crippen LogP contribution in [0.4, 0.5) is 5.82 Å². The summed E-state index contributed by atoms with van der Waals surface area (Å²) in [5.74, 6) is 2.61. The van der Waals surface area contributed by atoms with Gasteiger partial charge in [-0.3, -0.25) is 0 Å². The van der Waals surface area contributed by atoms with Gasteiger partial charge in [0, 0.05) is 37.9 Å². The molecular weight excluding hydrogens is 302 g/mol. The van der Waals surface area contributed by atoms with E-state index in [0.717, 1.165) is 43.0 Å². The highest BCUT2D eigenvalue weighted by atomic mass is 15.2. The summed E-state index contributed by atoms with van der Waals surface area (Å²) in [5, 5.41) is 0. The lowest BCUT2D eigenvalue weighted by molar-refractivity contribution is 0.464. The molecule has 0 unspecified atom stereocenters. The lowest BCUT2D eigenvalue weighted by Crippen LogP contribution is -2.36. The van der Waals surface area contributed by atoms with Crippen LogP contribution in [0.15, 0.2) is 25.0 Å². The molecule has 1 fully saturated rings. The number of piperidine rings is 1. The van der Waals surface area contributed by atoms with Crippen LogP contribution in [0, 0.1) is 0 Å². The van der Waals surface area contributed by atoms with Gasteiger partial charge >= 0.3 is 0 Å². The van der Waals surface area contributed by atoms with Crippen molar-refractivity contribution in [2.75, 3.05) is 18.0 Å². The fourth-order valence-corrected chi connectivity index (χ4v) is 3.57. The van der Waals surface area contributed by atoms with E-state index in [9.17, 15) is 0 Å². The van der Waals surface area contributed by atoms with Crippen LogP contribution in [0.25, 0.3) is 11.2 Å². The Bertz CT molecular complexity index is 806. The van der Waals surface area contributed by atoms with E-state index in [0.29, 0.717) is 5.92 Å². The second kappa shape index (κ2) is 6.59. The average molecular weight is 325 g/mol. The smallest absolute Gasteiger partial charge is 0.182 e. The zero-order valence-corrected chi connectivity index (χ0v) is 14.0. The van der Waals surface area contributed by atoms with E-state index < -0.39 is 0 Å². The molecule has 1 saturated heterocycles. The van der Waals surface area contributed by atoms with Gasteiger partial charge in [-0.25, -0.2) is 19.9 Å². The zero-order chi connectivity index (χ0) is 16.4. The molecule has 3 aromatic heterocycles. The minimum Gasteiger partial charge on any atom is -0.354 e. The number of nitrogens with zero attached hydrogens (tertiary/aromatic N) is 6. The second-order valence-electron chi connectivity index (χ2n) is 6.42.